The minimum Gasteiger partial charge on any atom is -0.453 e. The summed E-state index contributed by atoms with van der Waals surface area (Å²) in [4.78, 5) is 19.9. The summed E-state index contributed by atoms with van der Waals surface area (Å²) in [5.74, 6) is 0.0509. The molecule has 0 fully saturated rings. The van der Waals surface area contributed by atoms with Crippen LogP contribution in [0.2, 0.25) is 0 Å². The van der Waals surface area contributed by atoms with Gasteiger partial charge in [-0.05, 0) is 18.6 Å². The highest BCUT2D eigenvalue weighted by Gasteiger charge is 2.14. The highest BCUT2D eigenvalue weighted by atomic mass is 16.5. The largest absolute Gasteiger partial charge is 0.453 e. The van der Waals surface area contributed by atoms with Crippen LogP contribution in [0.3, 0.4) is 0 Å². The van der Waals surface area contributed by atoms with Crippen molar-refractivity contribution in [3.8, 4) is 0 Å². The first-order chi connectivity index (χ1) is 9.20. The van der Waals surface area contributed by atoms with Gasteiger partial charge in [0.2, 0.25) is 0 Å². The summed E-state index contributed by atoms with van der Waals surface area (Å²) in [6.07, 6.45) is 5.86. The second-order valence-corrected chi connectivity index (χ2v) is 4.09. The van der Waals surface area contributed by atoms with Gasteiger partial charge >= 0.3 is 5.97 Å². The zero-order valence-electron chi connectivity index (χ0n) is 10.7. The van der Waals surface area contributed by atoms with Crippen molar-refractivity contribution in [1.29, 1.82) is 0 Å². The number of rotatable bonds is 5. The lowest BCUT2D eigenvalue weighted by Gasteiger charge is -2.07. The van der Waals surface area contributed by atoms with Crippen LogP contribution >= 0.6 is 0 Å². The summed E-state index contributed by atoms with van der Waals surface area (Å²) < 4.78 is 6.97. The lowest BCUT2D eigenvalue weighted by atomic mass is 10.4. The minimum atomic E-state index is -0.419. The summed E-state index contributed by atoms with van der Waals surface area (Å²) in [7, 11) is 0. The van der Waals surface area contributed by atoms with Gasteiger partial charge in [-0.3, -0.25) is 0 Å². The first kappa shape index (κ1) is 13.1. The molecule has 0 saturated heterocycles. The van der Waals surface area contributed by atoms with Crippen molar-refractivity contribution in [1.82, 2.24) is 14.5 Å². The Morgan fingerprint density at radius 3 is 2.84 bits per heavy atom. The Balaban J connectivity index is 2.03. The summed E-state index contributed by atoms with van der Waals surface area (Å²) in [5, 5.41) is 0. The number of aromatic nitrogens is 3. The topological polar surface area (TPSA) is 83.0 Å². The van der Waals surface area contributed by atoms with Crippen LogP contribution in [0.25, 0.3) is 0 Å². The molecule has 0 radical (unpaired) electrons. The maximum absolute atomic E-state index is 12.0. The van der Waals surface area contributed by atoms with E-state index in [4.69, 9.17) is 10.5 Å². The van der Waals surface area contributed by atoms with Crippen molar-refractivity contribution in [3.63, 3.8) is 0 Å². The number of anilines is 1. The number of hydrogen-bond donors (Lipinski definition) is 1. The fourth-order valence-electron chi connectivity index (χ4n) is 1.74. The van der Waals surface area contributed by atoms with Crippen LogP contribution in [0.5, 0.6) is 0 Å². The SMILES string of the molecule is CCCn1cc(N)cc1C(=O)OCc1ncccn1. The molecule has 0 aromatic carbocycles. The van der Waals surface area contributed by atoms with Crippen molar-refractivity contribution < 1.29 is 9.53 Å². The van der Waals surface area contributed by atoms with Gasteiger partial charge in [0, 0.05) is 25.1 Å². The number of ether oxygens (including phenoxy) is 1. The van der Waals surface area contributed by atoms with Gasteiger partial charge in [-0.15, -0.1) is 0 Å². The van der Waals surface area contributed by atoms with Gasteiger partial charge in [-0.2, -0.15) is 0 Å². The molecule has 0 atom stereocenters. The maximum atomic E-state index is 12.0. The van der Waals surface area contributed by atoms with Crippen LogP contribution in [0.15, 0.2) is 30.7 Å². The second kappa shape index (κ2) is 5.99. The molecule has 19 heavy (non-hydrogen) atoms. The fourth-order valence-corrected chi connectivity index (χ4v) is 1.74. The molecule has 0 amide bonds. The predicted molar refractivity (Wildman–Crippen MR) is 70.3 cm³/mol. The molecule has 0 unspecified atom stereocenters. The van der Waals surface area contributed by atoms with Crippen LogP contribution in [0.1, 0.15) is 29.7 Å². The molecule has 0 spiro atoms. The third-order valence-electron chi connectivity index (χ3n) is 2.54. The van der Waals surface area contributed by atoms with E-state index in [-0.39, 0.29) is 6.61 Å². The van der Waals surface area contributed by atoms with Crippen molar-refractivity contribution >= 4 is 11.7 Å². The van der Waals surface area contributed by atoms with E-state index in [1.807, 2.05) is 6.92 Å². The number of esters is 1. The molecule has 0 saturated carbocycles. The smallest absolute Gasteiger partial charge is 0.355 e. The Morgan fingerprint density at radius 2 is 2.16 bits per heavy atom. The monoisotopic (exact) mass is 260 g/mol. The minimum absolute atomic E-state index is 0.0525. The molecule has 0 aliphatic carbocycles. The average molecular weight is 260 g/mol. The highest BCUT2D eigenvalue weighted by molar-refractivity contribution is 5.89. The Labute approximate surface area is 111 Å². The molecule has 100 valence electrons. The van der Waals surface area contributed by atoms with E-state index in [2.05, 4.69) is 9.97 Å². The van der Waals surface area contributed by atoms with Gasteiger partial charge in [0.15, 0.2) is 12.4 Å². The van der Waals surface area contributed by atoms with Crippen molar-refractivity contribution in [2.45, 2.75) is 26.5 Å². The molecule has 0 bridgehead atoms. The normalized spacial score (nSPS) is 10.4. The van der Waals surface area contributed by atoms with E-state index in [1.165, 1.54) is 0 Å². The fraction of sp³-hybridized carbons (Fsp3) is 0.308. The standard InChI is InChI=1S/C13H16N4O2/c1-2-6-17-8-10(14)7-11(17)13(18)19-9-12-15-4-3-5-16-12/h3-5,7-8H,2,6,9,14H2,1H3. The number of carbonyl (C=O) groups is 1. The van der Waals surface area contributed by atoms with Crippen LogP contribution in [-0.2, 0) is 17.9 Å². The molecule has 6 heteroatoms. The molecule has 0 aliphatic heterocycles. The van der Waals surface area contributed by atoms with Gasteiger partial charge < -0.3 is 15.0 Å². The van der Waals surface area contributed by atoms with Gasteiger partial charge in [0.1, 0.15) is 5.69 Å². The number of nitrogen functional groups attached to an aromatic ring is 1. The molecule has 0 aliphatic rings. The first-order valence-electron chi connectivity index (χ1n) is 6.09. The van der Waals surface area contributed by atoms with E-state index in [0.717, 1.165) is 13.0 Å². The quantitative estimate of drug-likeness (QED) is 0.826. The van der Waals surface area contributed by atoms with Crippen LogP contribution in [0, 0.1) is 0 Å². The van der Waals surface area contributed by atoms with Crippen molar-refractivity contribution in [2.75, 3.05) is 5.73 Å². The molecular formula is C13H16N4O2. The predicted octanol–water partition coefficient (Wildman–Crippen LogP) is 1.63. The zero-order chi connectivity index (χ0) is 13.7. The summed E-state index contributed by atoms with van der Waals surface area (Å²) in [6, 6.07) is 3.32. The summed E-state index contributed by atoms with van der Waals surface area (Å²) in [6.45, 7) is 2.81. The molecule has 2 aromatic heterocycles. The van der Waals surface area contributed by atoms with Gasteiger partial charge in [-0.1, -0.05) is 6.92 Å². The molecular weight excluding hydrogens is 244 g/mol. The Hall–Kier alpha value is -2.37. The van der Waals surface area contributed by atoms with E-state index in [0.29, 0.717) is 17.2 Å². The van der Waals surface area contributed by atoms with E-state index in [1.54, 1.807) is 35.3 Å². The van der Waals surface area contributed by atoms with Crippen LogP contribution < -0.4 is 5.73 Å². The van der Waals surface area contributed by atoms with Crippen LogP contribution in [0.4, 0.5) is 5.69 Å². The van der Waals surface area contributed by atoms with Crippen molar-refractivity contribution in [3.05, 3.63) is 42.2 Å². The third kappa shape index (κ3) is 3.31. The molecule has 2 N–H and O–H groups in total. The maximum Gasteiger partial charge on any atom is 0.355 e. The Kier molecular flexibility index (Phi) is 4.12. The van der Waals surface area contributed by atoms with Crippen LogP contribution in [-0.4, -0.2) is 20.5 Å². The lowest BCUT2D eigenvalue weighted by molar-refractivity contribution is 0.0449. The highest BCUT2D eigenvalue weighted by Crippen LogP contribution is 2.13. The lowest BCUT2D eigenvalue weighted by Crippen LogP contribution is -2.12. The van der Waals surface area contributed by atoms with Gasteiger partial charge in [0.25, 0.3) is 0 Å². The Bertz CT molecular complexity index is 551. The molecule has 2 heterocycles. The number of nitrogens with two attached hydrogens (primary N) is 1. The van der Waals surface area contributed by atoms with E-state index < -0.39 is 5.97 Å². The third-order valence-corrected chi connectivity index (χ3v) is 2.54. The van der Waals surface area contributed by atoms with Gasteiger partial charge in [0.05, 0.1) is 5.69 Å². The average Bonchev–Trinajstić information content (AvgIpc) is 2.79. The second-order valence-electron chi connectivity index (χ2n) is 4.09. The Morgan fingerprint density at radius 1 is 1.42 bits per heavy atom. The summed E-state index contributed by atoms with van der Waals surface area (Å²) in [5.41, 5.74) is 6.71. The van der Waals surface area contributed by atoms with E-state index in [9.17, 15) is 4.79 Å². The number of hydrogen-bond acceptors (Lipinski definition) is 5. The van der Waals surface area contributed by atoms with E-state index >= 15 is 0 Å². The molecule has 2 aromatic rings. The molecule has 6 nitrogen and oxygen atoms in total. The zero-order valence-corrected chi connectivity index (χ0v) is 10.7. The molecule has 2 rings (SSSR count). The number of aryl methyl sites for hydroxylation is 1. The van der Waals surface area contributed by atoms with Crippen molar-refractivity contribution in [2.24, 2.45) is 0 Å². The van der Waals surface area contributed by atoms with Gasteiger partial charge in [-0.25, -0.2) is 14.8 Å². The number of carbonyl (C=O) groups excluding carboxylic acids is 1. The number of nitrogens with zero attached hydrogens (tertiary/aromatic N) is 3. The first-order valence-corrected chi connectivity index (χ1v) is 6.09. The summed E-state index contributed by atoms with van der Waals surface area (Å²) >= 11 is 0.